The SMILES string of the molecule is COC(=O)[C@@H]1C(=O)NC(N2CCN(c3cccc(C(F)(F)F)c3)CC2)=N[C@@H]1c1ccccc1. The van der Waals surface area contributed by atoms with Crippen molar-refractivity contribution >= 4 is 23.5 Å². The average Bonchev–Trinajstić information content (AvgIpc) is 2.83. The molecular weight excluding hydrogens is 437 g/mol. The van der Waals surface area contributed by atoms with Crippen LogP contribution in [0.2, 0.25) is 0 Å². The van der Waals surface area contributed by atoms with Gasteiger partial charge in [0.2, 0.25) is 11.9 Å². The Morgan fingerprint density at radius 1 is 1.03 bits per heavy atom. The van der Waals surface area contributed by atoms with Gasteiger partial charge in [-0.15, -0.1) is 0 Å². The predicted octanol–water partition coefficient (Wildman–Crippen LogP) is 2.84. The summed E-state index contributed by atoms with van der Waals surface area (Å²) >= 11 is 0. The molecule has 0 saturated carbocycles. The van der Waals surface area contributed by atoms with Crippen LogP contribution >= 0.6 is 0 Å². The lowest BCUT2D eigenvalue weighted by atomic mass is 9.91. The fourth-order valence-electron chi connectivity index (χ4n) is 4.07. The zero-order valence-corrected chi connectivity index (χ0v) is 17.9. The Hall–Kier alpha value is -3.56. The summed E-state index contributed by atoms with van der Waals surface area (Å²) in [6.07, 6.45) is -4.40. The van der Waals surface area contributed by atoms with E-state index in [2.05, 4.69) is 10.3 Å². The Bertz CT molecular complexity index is 1050. The van der Waals surface area contributed by atoms with Gasteiger partial charge in [-0.05, 0) is 23.8 Å². The summed E-state index contributed by atoms with van der Waals surface area (Å²) in [7, 11) is 1.23. The Morgan fingerprint density at radius 3 is 2.33 bits per heavy atom. The van der Waals surface area contributed by atoms with Crippen molar-refractivity contribution in [2.75, 3.05) is 38.2 Å². The molecular formula is C23H23F3N4O3. The molecule has 174 valence electrons. The minimum absolute atomic E-state index is 0.345. The van der Waals surface area contributed by atoms with Crippen molar-refractivity contribution < 1.29 is 27.5 Å². The van der Waals surface area contributed by atoms with Crippen molar-refractivity contribution in [1.82, 2.24) is 10.2 Å². The van der Waals surface area contributed by atoms with Gasteiger partial charge in [0, 0.05) is 31.9 Å². The number of guanidine groups is 1. The second-order valence-electron chi connectivity index (χ2n) is 7.82. The van der Waals surface area contributed by atoms with Crippen LogP contribution in [0.4, 0.5) is 18.9 Å². The molecule has 0 bridgehead atoms. The first kappa shape index (κ1) is 22.6. The van der Waals surface area contributed by atoms with E-state index < -0.39 is 35.6 Å². The molecule has 7 nitrogen and oxygen atoms in total. The summed E-state index contributed by atoms with van der Waals surface area (Å²) in [6, 6.07) is 13.5. The van der Waals surface area contributed by atoms with Crippen molar-refractivity contribution in [2.45, 2.75) is 12.2 Å². The van der Waals surface area contributed by atoms with Crippen molar-refractivity contribution in [2.24, 2.45) is 10.9 Å². The molecule has 0 radical (unpaired) electrons. The molecule has 2 aliphatic rings. The summed E-state index contributed by atoms with van der Waals surface area (Å²) < 4.78 is 44.0. The number of hydrogen-bond donors (Lipinski definition) is 1. The summed E-state index contributed by atoms with van der Waals surface area (Å²) in [6.45, 7) is 1.79. The van der Waals surface area contributed by atoms with E-state index in [4.69, 9.17) is 4.74 Å². The normalized spacial score (nSPS) is 21.3. The first-order valence-corrected chi connectivity index (χ1v) is 10.5. The quantitative estimate of drug-likeness (QED) is 0.563. The maximum absolute atomic E-state index is 13.1. The Morgan fingerprint density at radius 2 is 1.70 bits per heavy atom. The third-order valence-corrected chi connectivity index (χ3v) is 5.81. The number of amides is 1. The molecule has 33 heavy (non-hydrogen) atoms. The molecule has 10 heteroatoms. The molecule has 1 saturated heterocycles. The number of nitrogens with one attached hydrogen (secondary N) is 1. The number of ether oxygens (including phenoxy) is 1. The minimum Gasteiger partial charge on any atom is -0.468 e. The van der Waals surface area contributed by atoms with Gasteiger partial charge in [0.1, 0.15) is 6.04 Å². The van der Waals surface area contributed by atoms with Crippen LogP contribution in [-0.2, 0) is 20.5 Å². The number of anilines is 1. The number of methoxy groups -OCH3 is 1. The van der Waals surface area contributed by atoms with Crippen LogP contribution in [0.1, 0.15) is 17.2 Å². The van der Waals surface area contributed by atoms with Crippen LogP contribution in [-0.4, -0.2) is 56.0 Å². The molecule has 2 aromatic carbocycles. The van der Waals surface area contributed by atoms with E-state index in [1.807, 2.05) is 15.9 Å². The number of nitrogens with zero attached hydrogens (tertiary/aromatic N) is 3. The maximum atomic E-state index is 13.1. The second-order valence-corrected chi connectivity index (χ2v) is 7.82. The number of aliphatic imine (C=N–C) groups is 1. The van der Waals surface area contributed by atoms with Gasteiger partial charge in [-0.1, -0.05) is 36.4 Å². The topological polar surface area (TPSA) is 74.2 Å². The standard InChI is InChI=1S/C23H23F3N4O3/c1-33-21(32)18-19(15-6-3-2-4-7-15)27-22(28-20(18)31)30-12-10-29(11-13-30)17-9-5-8-16(14-17)23(24,25)26/h2-9,14,18-19H,10-13H2,1H3,(H,27,28,31)/t18-,19+/m0/s1. The van der Waals surface area contributed by atoms with Gasteiger partial charge in [-0.25, -0.2) is 4.99 Å². The first-order chi connectivity index (χ1) is 15.8. The van der Waals surface area contributed by atoms with Crippen LogP contribution < -0.4 is 10.2 Å². The Kier molecular flexibility index (Phi) is 6.26. The van der Waals surface area contributed by atoms with Gasteiger partial charge in [-0.2, -0.15) is 13.2 Å². The largest absolute Gasteiger partial charge is 0.468 e. The minimum atomic E-state index is -4.40. The van der Waals surface area contributed by atoms with Crippen molar-refractivity contribution in [3.05, 3.63) is 65.7 Å². The number of alkyl halides is 3. The molecule has 2 heterocycles. The van der Waals surface area contributed by atoms with E-state index in [9.17, 15) is 22.8 Å². The first-order valence-electron chi connectivity index (χ1n) is 10.5. The molecule has 0 aromatic heterocycles. The zero-order chi connectivity index (χ0) is 23.6. The van der Waals surface area contributed by atoms with Crippen LogP contribution in [0.3, 0.4) is 0 Å². The van der Waals surface area contributed by atoms with Crippen molar-refractivity contribution in [3.63, 3.8) is 0 Å². The number of benzene rings is 2. The number of carbonyl (C=O) groups is 2. The number of rotatable bonds is 3. The summed E-state index contributed by atoms with van der Waals surface area (Å²) in [4.78, 5) is 33.5. The third kappa shape index (κ3) is 4.79. The van der Waals surface area contributed by atoms with Crippen molar-refractivity contribution in [1.29, 1.82) is 0 Å². The number of halogens is 3. The molecule has 4 rings (SSSR count). The van der Waals surface area contributed by atoms with Gasteiger partial charge in [0.05, 0.1) is 12.7 Å². The monoisotopic (exact) mass is 460 g/mol. The summed E-state index contributed by atoms with van der Waals surface area (Å²) in [5.41, 5.74) is 0.515. The van der Waals surface area contributed by atoms with Gasteiger partial charge in [-0.3, -0.25) is 14.9 Å². The third-order valence-electron chi connectivity index (χ3n) is 5.81. The van der Waals surface area contributed by atoms with Gasteiger partial charge >= 0.3 is 12.1 Å². The average molecular weight is 460 g/mol. The van der Waals surface area contributed by atoms with Crippen LogP contribution in [0.25, 0.3) is 0 Å². The molecule has 2 atom stereocenters. The zero-order valence-electron chi connectivity index (χ0n) is 17.9. The summed E-state index contributed by atoms with van der Waals surface area (Å²) in [5, 5.41) is 2.70. The molecule has 0 aliphatic carbocycles. The predicted molar refractivity (Wildman–Crippen MR) is 115 cm³/mol. The van der Waals surface area contributed by atoms with Gasteiger partial charge < -0.3 is 14.5 Å². The number of carbonyl (C=O) groups excluding carboxylic acids is 2. The molecule has 1 fully saturated rings. The highest BCUT2D eigenvalue weighted by Crippen LogP contribution is 2.33. The number of hydrogen-bond acceptors (Lipinski definition) is 6. The molecule has 2 aromatic rings. The van der Waals surface area contributed by atoms with Crippen LogP contribution in [0.15, 0.2) is 59.6 Å². The highest BCUT2D eigenvalue weighted by Gasteiger charge is 2.42. The molecule has 0 spiro atoms. The maximum Gasteiger partial charge on any atom is 0.416 e. The number of piperazine rings is 1. The molecule has 0 unspecified atom stereocenters. The van der Waals surface area contributed by atoms with E-state index >= 15 is 0 Å². The molecule has 1 amide bonds. The highest BCUT2D eigenvalue weighted by molar-refractivity contribution is 6.08. The van der Waals surface area contributed by atoms with E-state index in [-0.39, 0.29) is 0 Å². The lowest BCUT2D eigenvalue weighted by Gasteiger charge is -2.39. The van der Waals surface area contributed by atoms with E-state index in [0.29, 0.717) is 43.4 Å². The fraction of sp³-hybridized carbons (Fsp3) is 0.348. The van der Waals surface area contributed by atoms with Crippen LogP contribution in [0, 0.1) is 5.92 Å². The highest BCUT2D eigenvalue weighted by atomic mass is 19.4. The lowest BCUT2D eigenvalue weighted by molar-refractivity contribution is -0.151. The molecule has 1 N–H and O–H groups in total. The lowest BCUT2D eigenvalue weighted by Crippen LogP contribution is -2.57. The number of esters is 1. The van der Waals surface area contributed by atoms with E-state index in [0.717, 1.165) is 12.1 Å². The molecule has 2 aliphatic heterocycles. The fourth-order valence-corrected chi connectivity index (χ4v) is 4.07. The summed E-state index contributed by atoms with van der Waals surface area (Å²) in [5.74, 6) is -1.93. The van der Waals surface area contributed by atoms with E-state index in [1.54, 1.807) is 30.3 Å². The Labute approximate surface area is 188 Å². The van der Waals surface area contributed by atoms with E-state index in [1.165, 1.54) is 13.2 Å². The van der Waals surface area contributed by atoms with Crippen LogP contribution in [0.5, 0.6) is 0 Å². The van der Waals surface area contributed by atoms with Gasteiger partial charge in [0.15, 0.2) is 5.92 Å². The van der Waals surface area contributed by atoms with Gasteiger partial charge in [0.25, 0.3) is 0 Å². The smallest absolute Gasteiger partial charge is 0.416 e. The van der Waals surface area contributed by atoms with Crippen molar-refractivity contribution in [3.8, 4) is 0 Å². The Balaban J connectivity index is 1.52. The second kappa shape index (κ2) is 9.13.